The van der Waals surface area contributed by atoms with Crippen molar-refractivity contribution in [3.8, 4) is 0 Å². The van der Waals surface area contributed by atoms with Gasteiger partial charge in [-0.25, -0.2) is 0 Å². The minimum Gasteiger partial charge on any atom is -0.358 e. The van der Waals surface area contributed by atoms with E-state index in [0.29, 0.717) is 6.42 Å². The van der Waals surface area contributed by atoms with Crippen LogP contribution in [0.1, 0.15) is 35.5 Å². The van der Waals surface area contributed by atoms with Gasteiger partial charge in [0.25, 0.3) is 0 Å². The molecule has 2 aromatic heterocycles. The van der Waals surface area contributed by atoms with Crippen LogP contribution >= 0.6 is 0 Å². The first-order valence-corrected chi connectivity index (χ1v) is 9.12. The van der Waals surface area contributed by atoms with Gasteiger partial charge in [-0.2, -0.15) is 0 Å². The summed E-state index contributed by atoms with van der Waals surface area (Å²) in [5, 5.41) is 1.26. The smallest absolute Gasteiger partial charge is 0.222 e. The number of H-pyrrole nitrogens is 1. The molecule has 4 heteroatoms. The molecular formula is C21H25N3O. The maximum absolute atomic E-state index is 12.7. The Morgan fingerprint density at radius 1 is 1.12 bits per heavy atom. The minimum atomic E-state index is 0.276. The lowest BCUT2D eigenvalue weighted by Crippen LogP contribution is -2.35. The quantitative estimate of drug-likeness (QED) is 0.770. The molecule has 0 unspecified atom stereocenters. The Morgan fingerprint density at radius 2 is 1.88 bits per heavy atom. The molecule has 1 amide bonds. The predicted octanol–water partition coefficient (Wildman–Crippen LogP) is 3.95. The molecule has 0 fully saturated rings. The van der Waals surface area contributed by atoms with Crippen LogP contribution in [0.5, 0.6) is 0 Å². The van der Waals surface area contributed by atoms with Gasteiger partial charge in [0.05, 0.1) is 0 Å². The van der Waals surface area contributed by atoms with Crippen LogP contribution in [-0.2, 0) is 24.3 Å². The van der Waals surface area contributed by atoms with Crippen molar-refractivity contribution in [1.29, 1.82) is 0 Å². The van der Waals surface area contributed by atoms with Crippen LogP contribution in [0.15, 0.2) is 36.4 Å². The summed E-state index contributed by atoms with van der Waals surface area (Å²) in [6.07, 6.45) is 2.44. The Labute approximate surface area is 148 Å². The average Bonchev–Trinajstić information content (AvgIpc) is 3.15. The number of aromatic amines is 1. The molecule has 0 atom stereocenters. The maximum atomic E-state index is 12.7. The summed E-state index contributed by atoms with van der Waals surface area (Å²) in [6, 6.07) is 12.7. The monoisotopic (exact) mass is 335 g/mol. The van der Waals surface area contributed by atoms with E-state index >= 15 is 0 Å². The molecule has 0 bridgehead atoms. The zero-order chi connectivity index (χ0) is 17.4. The standard InChI is InChI=1S/C21H25N3O/c1-15-9-10-16(2)24(15)12-5-8-21(25)23-13-11-20-18(14-23)17-6-3-4-7-19(17)22-20/h3-4,6-7,9-10,22H,5,8,11-14H2,1-2H3. The number of carbonyl (C=O) groups excluding carboxylic acids is 1. The number of carbonyl (C=O) groups is 1. The third kappa shape index (κ3) is 2.97. The van der Waals surface area contributed by atoms with E-state index < -0.39 is 0 Å². The van der Waals surface area contributed by atoms with Gasteiger partial charge in [0, 0.05) is 66.0 Å². The number of hydrogen-bond donors (Lipinski definition) is 1. The minimum absolute atomic E-state index is 0.276. The van der Waals surface area contributed by atoms with Crippen LogP contribution < -0.4 is 0 Å². The molecule has 1 aliphatic rings. The summed E-state index contributed by atoms with van der Waals surface area (Å²) in [6.45, 7) is 6.72. The van der Waals surface area contributed by atoms with Gasteiger partial charge in [-0.15, -0.1) is 0 Å². The predicted molar refractivity (Wildman–Crippen MR) is 101 cm³/mol. The highest BCUT2D eigenvalue weighted by atomic mass is 16.2. The highest BCUT2D eigenvalue weighted by molar-refractivity contribution is 5.86. The molecule has 4 rings (SSSR count). The number of rotatable bonds is 4. The lowest BCUT2D eigenvalue weighted by atomic mass is 10.0. The van der Waals surface area contributed by atoms with Gasteiger partial charge in [-0.1, -0.05) is 18.2 Å². The molecule has 1 aliphatic heterocycles. The fraction of sp³-hybridized carbons (Fsp3) is 0.381. The Balaban J connectivity index is 1.40. The number of nitrogens with one attached hydrogen (secondary N) is 1. The fourth-order valence-corrected chi connectivity index (χ4v) is 3.98. The van der Waals surface area contributed by atoms with Gasteiger partial charge in [0.1, 0.15) is 0 Å². The number of fused-ring (bicyclic) bond motifs is 3. The van der Waals surface area contributed by atoms with Crippen LogP contribution in [0.4, 0.5) is 0 Å². The average molecular weight is 335 g/mol. The molecule has 0 saturated carbocycles. The lowest BCUT2D eigenvalue weighted by Gasteiger charge is -2.27. The molecule has 25 heavy (non-hydrogen) atoms. The molecule has 3 heterocycles. The van der Waals surface area contributed by atoms with Crippen molar-refractivity contribution in [1.82, 2.24) is 14.5 Å². The zero-order valence-electron chi connectivity index (χ0n) is 15.0. The van der Waals surface area contributed by atoms with Crippen molar-refractivity contribution in [3.05, 3.63) is 59.0 Å². The van der Waals surface area contributed by atoms with E-state index in [1.54, 1.807) is 0 Å². The molecule has 0 aliphatic carbocycles. The summed E-state index contributed by atoms with van der Waals surface area (Å²) < 4.78 is 2.29. The Bertz CT molecular complexity index is 899. The van der Waals surface area contributed by atoms with Gasteiger partial charge in [0.2, 0.25) is 5.91 Å². The molecule has 0 spiro atoms. The Hall–Kier alpha value is -2.49. The van der Waals surface area contributed by atoms with Crippen LogP contribution in [-0.4, -0.2) is 26.9 Å². The summed E-state index contributed by atoms with van der Waals surface area (Å²) in [5.41, 5.74) is 6.31. The Kier molecular flexibility index (Phi) is 4.12. The van der Waals surface area contributed by atoms with E-state index in [0.717, 1.165) is 32.5 Å². The van der Waals surface area contributed by atoms with Crippen molar-refractivity contribution in [2.75, 3.05) is 6.54 Å². The maximum Gasteiger partial charge on any atom is 0.222 e. The van der Waals surface area contributed by atoms with E-state index in [4.69, 9.17) is 0 Å². The third-order valence-corrected chi connectivity index (χ3v) is 5.43. The summed E-state index contributed by atoms with van der Waals surface area (Å²) in [5.74, 6) is 0.276. The van der Waals surface area contributed by atoms with Crippen molar-refractivity contribution >= 4 is 16.8 Å². The van der Waals surface area contributed by atoms with Crippen molar-refractivity contribution in [2.45, 2.75) is 46.2 Å². The van der Waals surface area contributed by atoms with Crippen molar-refractivity contribution in [2.24, 2.45) is 0 Å². The molecule has 0 radical (unpaired) electrons. The second-order valence-corrected chi connectivity index (χ2v) is 7.06. The van der Waals surface area contributed by atoms with Gasteiger partial charge < -0.3 is 14.5 Å². The SMILES string of the molecule is Cc1ccc(C)n1CCCC(=O)N1CCc2[nH]c3ccccc3c2C1. The molecule has 1 aromatic carbocycles. The number of hydrogen-bond acceptors (Lipinski definition) is 1. The number of aromatic nitrogens is 2. The molecular weight excluding hydrogens is 310 g/mol. The normalized spacial score (nSPS) is 14.1. The summed E-state index contributed by atoms with van der Waals surface area (Å²) in [4.78, 5) is 18.2. The number of para-hydroxylation sites is 1. The summed E-state index contributed by atoms with van der Waals surface area (Å²) >= 11 is 0. The van der Waals surface area contributed by atoms with E-state index in [1.165, 1.54) is 33.5 Å². The van der Waals surface area contributed by atoms with Gasteiger partial charge >= 0.3 is 0 Å². The molecule has 0 saturated heterocycles. The van der Waals surface area contributed by atoms with Crippen LogP contribution in [0.2, 0.25) is 0 Å². The van der Waals surface area contributed by atoms with E-state index in [1.807, 2.05) is 4.90 Å². The van der Waals surface area contributed by atoms with Crippen LogP contribution in [0.25, 0.3) is 10.9 Å². The Morgan fingerprint density at radius 3 is 2.68 bits per heavy atom. The summed E-state index contributed by atoms with van der Waals surface area (Å²) in [7, 11) is 0. The number of amides is 1. The number of benzene rings is 1. The van der Waals surface area contributed by atoms with E-state index in [9.17, 15) is 4.79 Å². The van der Waals surface area contributed by atoms with E-state index in [-0.39, 0.29) is 5.91 Å². The largest absolute Gasteiger partial charge is 0.358 e. The first-order valence-electron chi connectivity index (χ1n) is 9.12. The van der Waals surface area contributed by atoms with Gasteiger partial charge in [-0.3, -0.25) is 4.79 Å². The first kappa shape index (κ1) is 16.0. The second-order valence-electron chi connectivity index (χ2n) is 7.06. The van der Waals surface area contributed by atoms with Crippen LogP contribution in [0, 0.1) is 13.8 Å². The number of aryl methyl sites for hydroxylation is 2. The zero-order valence-corrected chi connectivity index (χ0v) is 15.0. The molecule has 3 aromatic rings. The van der Waals surface area contributed by atoms with Crippen molar-refractivity contribution in [3.63, 3.8) is 0 Å². The molecule has 4 nitrogen and oxygen atoms in total. The highest BCUT2D eigenvalue weighted by Gasteiger charge is 2.23. The van der Waals surface area contributed by atoms with Crippen LogP contribution in [0.3, 0.4) is 0 Å². The fourth-order valence-electron chi connectivity index (χ4n) is 3.98. The highest BCUT2D eigenvalue weighted by Crippen LogP contribution is 2.27. The van der Waals surface area contributed by atoms with Gasteiger partial charge in [-0.05, 0) is 38.5 Å². The topological polar surface area (TPSA) is 41.0 Å². The van der Waals surface area contributed by atoms with Crippen molar-refractivity contribution < 1.29 is 4.79 Å². The van der Waals surface area contributed by atoms with E-state index in [2.05, 4.69) is 59.8 Å². The first-order chi connectivity index (χ1) is 12.1. The lowest BCUT2D eigenvalue weighted by molar-refractivity contribution is -0.132. The van der Waals surface area contributed by atoms with Gasteiger partial charge in [0.15, 0.2) is 0 Å². The molecule has 1 N–H and O–H groups in total. The number of nitrogens with zero attached hydrogens (tertiary/aromatic N) is 2. The molecule has 130 valence electrons. The third-order valence-electron chi connectivity index (χ3n) is 5.43. The second kappa shape index (κ2) is 6.43.